The minimum Gasteiger partial charge on any atom is -0.207 e. The quantitative estimate of drug-likeness (QED) is 0.420. The molecule has 0 heterocycles. The van der Waals surface area contributed by atoms with Gasteiger partial charge in [0.25, 0.3) is 0 Å². The number of benzene rings is 2. The van der Waals surface area contributed by atoms with Crippen molar-refractivity contribution >= 4 is 0 Å². The zero-order chi connectivity index (χ0) is 23.5. The first-order valence-corrected chi connectivity index (χ1v) is 12.7. The molecule has 0 spiro atoms. The summed E-state index contributed by atoms with van der Waals surface area (Å²) in [5, 5.41) is 20.1. The highest BCUT2D eigenvalue weighted by atomic mass is 19.1. The van der Waals surface area contributed by atoms with Gasteiger partial charge in [-0.05, 0) is 103 Å². The van der Waals surface area contributed by atoms with Gasteiger partial charge >= 0.3 is 0 Å². The van der Waals surface area contributed by atoms with Gasteiger partial charge in [0, 0.05) is 0 Å². The van der Waals surface area contributed by atoms with Crippen LogP contribution in [0.2, 0.25) is 0 Å². The first-order chi connectivity index (χ1) is 16.0. The van der Waals surface area contributed by atoms with E-state index in [1.54, 1.807) is 6.07 Å². The van der Waals surface area contributed by atoms with E-state index in [-0.39, 0.29) is 11.2 Å². The predicted molar refractivity (Wildman–Crippen MR) is 130 cm³/mol. The van der Waals surface area contributed by atoms with Crippen LogP contribution >= 0.6 is 0 Å². The minimum atomic E-state index is -0.171. The third kappa shape index (κ3) is 4.44. The fourth-order valence-corrected chi connectivity index (χ4v) is 6.62. The van der Waals surface area contributed by atoms with E-state index in [1.165, 1.54) is 32.1 Å². The van der Waals surface area contributed by atoms with Gasteiger partial charge in [-0.2, -0.15) is 10.5 Å². The van der Waals surface area contributed by atoms with Gasteiger partial charge in [0.2, 0.25) is 0 Å². The Morgan fingerprint density at radius 1 is 0.788 bits per heavy atom. The van der Waals surface area contributed by atoms with Gasteiger partial charge < -0.3 is 0 Å². The summed E-state index contributed by atoms with van der Waals surface area (Å²) in [7, 11) is 0. The van der Waals surface area contributed by atoms with Crippen LogP contribution in [0.1, 0.15) is 105 Å². The number of aryl methyl sites for hydroxylation is 3. The molecule has 2 aromatic carbocycles. The highest BCUT2D eigenvalue weighted by molar-refractivity contribution is 5.57. The Morgan fingerprint density at radius 3 is 2.00 bits per heavy atom. The molecule has 0 saturated heterocycles. The maximum atomic E-state index is 14.6. The van der Waals surface area contributed by atoms with Gasteiger partial charge in [-0.15, -0.1) is 0 Å². The van der Waals surface area contributed by atoms with Gasteiger partial charge in [-0.25, -0.2) is 4.39 Å². The van der Waals surface area contributed by atoms with Crippen LogP contribution in [0.5, 0.6) is 0 Å². The lowest BCUT2D eigenvalue weighted by molar-refractivity contribution is 0.0319. The summed E-state index contributed by atoms with van der Waals surface area (Å²) in [5.41, 5.74) is 5.27. The zero-order valence-corrected chi connectivity index (χ0v) is 20.1. The van der Waals surface area contributed by atoms with E-state index >= 15 is 0 Å². The minimum absolute atomic E-state index is 0.0475. The Kier molecular flexibility index (Phi) is 6.90. The standard InChI is InChI=1S/C30H35FN2/c1-3-5-22-6-7-24(28(31)19-22)9-8-23-10-11-27(26(21-33)25(23)20-32)30-16-13-29(12-4-2,14-17-30)15-18-30/h6-7,10-11,19H,3-5,8-9,12-18H2,1-2H3. The number of nitrogens with zero attached hydrogens (tertiary/aromatic N) is 2. The third-order valence-corrected chi connectivity index (χ3v) is 8.59. The van der Waals surface area contributed by atoms with Gasteiger partial charge in [-0.3, -0.25) is 0 Å². The number of nitriles is 2. The molecule has 2 aromatic rings. The molecule has 172 valence electrons. The monoisotopic (exact) mass is 442 g/mol. The average molecular weight is 443 g/mol. The second kappa shape index (κ2) is 9.69. The van der Waals surface area contributed by atoms with E-state index in [9.17, 15) is 14.9 Å². The molecule has 0 N–H and O–H groups in total. The molecule has 0 atom stereocenters. The summed E-state index contributed by atoms with van der Waals surface area (Å²) in [6.07, 6.45) is 12.6. The molecule has 0 amide bonds. The molecule has 3 fully saturated rings. The molecule has 3 aliphatic rings. The summed E-state index contributed by atoms with van der Waals surface area (Å²) >= 11 is 0. The van der Waals surface area contributed by atoms with E-state index < -0.39 is 0 Å². The van der Waals surface area contributed by atoms with Crippen molar-refractivity contribution in [2.75, 3.05) is 0 Å². The number of hydrogen-bond donors (Lipinski definition) is 0. The van der Waals surface area contributed by atoms with Crippen molar-refractivity contribution in [3.63, 3.8) is 0 Å². The first kappa shape index (κ1) is 23.5. The van der Waals surface area contributed by atoms with Crippen LogP contribution in [0, 0.1) is 33.9 Å². The molecule has 3 saturated carbocycles. The molecule has 0 unspecified atom stereocenters. The van der Waals surface area contributed by atoms with Crippen LogP contribution in [0.25, 0.3) is 0 Å². The molecular weight excluding hydrogens is 407 g/mol. The normalized spacial score (nSPS) is 23.8. The van der Waals surface area contributed by atoms with Crippen LogP contribution in [0.3, 0.4) is 0 Å². The van der Waals surface area contributed by atoms with Crippen molar-refractivity contribution in [1.29, 1.82) is 10.5 Å². The molecule has 2 bridgehead atoms. The lowest BCUT2D eigenvalue weighted by Gasteiger charge is -2.54. The largest absolute Gasteiger partial charge is 0.207 e. The maximum Gasteiger partial charge on any atom is 0.126 e. The predicted octanol–water partition coefficient (Wildman–Crippen LogP) is 7.70. The lowest BCUT2D eigenvalue weighted by Crippen LogP contribution is -2.44. The summed E-state index contributed by atoms with van der Waals surface area (Å²) in [6, 6.07) is 14.4. The van der Waals surface area contributed by atoms with Gasteiger partial charge in [0.1, 0.15) is 18.0 Å². The topological polar surface area (TPSA) is 47.6 Å². The van der Waals surface area contributed by atoms with E-state index in [4.69, 9.17) is 0 Å². The number of rotatable bonds is 8. The highest BCUT2D eigenvalue weighted by Crippen LogP contribution is 2.60. The Bertz CT molecular complexity index is 1080. The van der Waals surface area contributed by atoms with Crippen LogP contribution in [-0.2, 0) is 24.7 Å². The van der Waals surface area contributed by atoms with Crippen molar-refractivity contribution in [2.45, 2.75) is 96.3 Å². The van der Waals surface area contributed by atoms with Crippen molar-refractivity contribution in [2.24, 2.45) is 5.41 Å². The Balaban J connectivity index is 1.58. The summed E-state index contributed by atoms with van der Waals surface area (Å²) in [4.78, 5) is 0. The van der Waals surface area contributed by atoms with E-state index in [0.717, 1.165) is 48.8 Å². The van der Waals surface area contributed by atoms with Crippen LogP contribution in [0.4, 0.5) is 4.39 Å². The second-order valence-corrected chi connectivity index (χ2v) is 10.5. The third-order valence-electron chi connectivity index (χ3n) is 8.59. The van der Waals surface area contributed by atoms with E-state index in [1.807, 2.05) is 18.2 Å². The SMILES string of the molecule is CCCc1ccc(CCc2ccc(C34CCC(CCC)(CC3)CC4)c(C#N)c2C#N)c(F)c1. The van der Waals surface area contributed by atoms with Gasteiger partial charge in [0.15, 0.2) is 0 Å². The van der Waals surface area contributed by atoms with Crippen molar-refractivity contribution in [3.8, 4) is 12.1 Å². The number of hydrogen-bond acceptors (Lipinski definition) is 2. The second-order valence-electron chi connectivity index (χ2n) is 10.5. The molecular formula is C30H35FN2. The Hall–Kier alpha value is -2.65. The fraction of sp³-hybridized carbons (Fsp3) is 0.533. The van der Waals surface area contributed by atoms with E-state index in [2.05, 4.69) is 32.1 Å². The van der Waals surface area contributed by atoms with Crippen LogP contribution in [-0.4, -0.2) is 0 Å². The number of fused-ring (bicyclic) bond motifs is 3. The number of halogens is 1. The van der Waals surface area contributed by atoms with Gasteiger partial charge in [-0.1, -0.05) is 51.0 Å². The Labute approximate surface area is 198 Å². The van der Waals surface area contributed by atoms with Crippen LogP contribution < -0.4 is 0 Å². The van der Waals surface area contributed by atoms with Crippen molar-refractivity contribution < 1.29 is 4.39 Å². The first-order valence-electron chi connectivity index (χ1n) is 12.7. The molecule has 3 heteroatoms. The van der Waals surface area contributed by atoms with Crippen molar-refractivity contribution in [1.82, 2.24) is 0 Å². The lowest BCUT2D eigenvalue weighted by atomic mass is 9.50. The molecule has 5 rings (SSSR count). The van der Waals surface area contributed by atoms with Crippen LogP contribution in [0.15, 0.2) is 30.3 Å². The molecule has 3 aliphatic carbocycles. The summed E-state index contributed by atoms with van der Waals surface area (Å²) in [6.45, 7) is 4.37. The summed E-state index contributed by atoms with van der Waals surface area (Å²) in [5.74, 6) is -0.171. The summed E-state index contributed by atoms with van der Waals surface area (Å²) < 4.78 is 14.6. The molecule has 33 heavy (non-hydrogen) atoms. The van der Waals surface area contributed by atoms with Crippen molar-refractivity contribution in [3.05, 3.63) is 69.5 Å². The molecule has 0 aromatic heterocycles. The highest BCUT2D eigenvalue weighted by Gasteiger charge is 2.49. The van der Waals surface area contributed by atoms with E-state index in [0.29, 0.717) is 34.9 Å². The Morgan fingerprint density at radius 2 is 1.42 bits per heavy atom. The molecule has 0 radical (unpaired) electrons. The average Bonchev–Trinajstić information content (AvgIpc) is 2.84. The molecule has 0 aliphatic heterocycles. The maximum absolute atomic E-state index is 14.6. The molecule has 2 nitrogen and oxygen atoms in total. The zero-order valence-electron chi connectivity index (χ0n) is 20.1. The smallest absolute Gasteiger partial charge is 0.126 e. The fourth-order valence-electron chi connectivity index (χ4n) is 6.62. The van der Waals surface area contributed by atoms with Gasteiger partial charge in [0.05, 0.1) is 11.1 Å².